The average Bonchev–Trinajstić information content (AvgIpc) is 3.60. The summed E-state index contributed by atoms with van der Waals surface area (Å²) in [4.78, 5) is 25.0. The topological polar surface area (TPSA) is 111 Å². The zero-order chi connectivity index (χ0) is 22.8. The molecule has 0 atom stereocenters. The number of hydrogen-bond acceptors (Lipinski definition) is 8. The molecule has 9 nitrogen and oxygen atoms in total. The van der Waals surface area contributed by atoms with E-state index in [2.05, 4.69) is 31.0 Å². The molecular formula is C23H28N8OS. The summed E-state index contributed by atoms with van der Waals surface area (Å²) in [6.07, 6.45) is 1.99. The molecule has 5 rings (SSSR count). The van der Waals surface area contributed by atoms with Gasteiger partial charge in [0, 0.05) is 60.0 Å². The number of anilines is 4. The van der Waals surface area contributed by atoms with Gasteiger partial charge in [0.1, 0.15) is 11.6 Å². The van der Waals surface area contributed by atoms with Crippen LogP contribution in [0.1, 0.15) is 24.1 Å². The van der Waals surface area contributed by atoms with Crippen molar-refractivity contribution in [2.75, 3.05) is 41.7 Å². The van der Waals surface area contributed by atoms with Crippen LogP contribution in [0.4, 0.5) is 23.1 Å². The van der Waals surface area contributed by atoms with Crippen molar-refractivity contribution in [2.24, 2.45) is 5.92 Å². The minimum absolute atomic E-state index is 0.113. The molecule has 172 valence electrons. The number of hydrogen-bond donors (Lipinski definition) is 4. The Bertz CT molecular complexity index is 1140. The van der Waals surface area contributed by atoms with Crippen LogP contribution in [0.5, 0.6) is 0 Å². The van der Waals surface area contributed by atoms with Gasteiger partial charge in [-0.25, -0.2) is 9.97 Å². The number of H-pyrrole nitrogens is 1. The van der Waals surface area contributed by atoms with E-state index in [0.717, 1.165) is 78.3 Å². The molecular weight excluding hydrogens is 436 g/mol. The summed E-state index contributed by atoms with van der Waals surface area (Å²) >= 11 is 1.51. The van der Waals surface area contributed by atoms with E-state index in [-0.39, 0.29) is 11.8 Å². The van der Waals surface area contributed by atoms with E-state index in [0.29, 0.717) is 5.16 Å². The monoisotopic (exact) mass is 464 g/mol. The van der Waals surface area contributed by atoms with E-state index in [1.165, 1.54) is 11.8 Å². The van der Waals surface area contributed by atoms with Gasteiger partial charge in [0.2, 0.25) is 5.91 Å². The molecule has 2 aromatic heterocycles. The third-order valence-corrected chi connectivity index (χ3v) is 6.62. The van der Waals surface area contributed by atoms with Crippen molar-refractivity contribution >= 4 is 40.8 Å². The van der Waals surface area contributed by atoms with Crippen LogP contribution in [0.3, 0.4) is 0 Å². The zero-order valence-electron chi connectivity index (χ0n) is 18.8. The standard InChI is InChI=1S/C23H28N8OS/c1-14-13-19(30-29-14)26-20-15(2)21(31-11-9-24-10-12-31)28-23(27-20)33-18-7-5-17(6-8-18)25-22(32)16-3-4-16/h5-8,13,16,24H,3-4,9-12H2,1-2H3,(H,25,32)(H2,26,27,28,29,30). The van der Waals surface area contributed by atoms with Crippen LogP contribution < -0.4 is 20.9 Å². The third kappa shape index (κ3) is 5.28. The molecule has 0 bridgehead atoms. The highest BCUT2D eigenvalue weighted by molar-refractivity contribution is 7.99. The lowest BCUT2D eigenvalue weighted by atomic mass is 10.2. The highest BCUT2D eigenvalue weighted by Crippen LogP contribution is 2.33. The van der Waals surface area contributed by atoms with E-state index in [9.17, 15) is 4.79 Å². The van der Waals surface area contributed by atoms with Crippen LogP contribution in [0, 0.1) is 19.8 Å². The number of benzene rings is 1. The van der Waals surface area contributed by atoms with Crippen LogP contribution >= 0.6 is 11.8 Å². The Morgan fingerprint density at radius 3 is 2.55 bits per heavy atom. The summed E-state index contributed by atoms with van der Waals surface area (Å²) in [5, 5.41) is 17.6. The SMILES string of the molecule is Cc1cc(Nc2nc(Sc3ccc(NC(=O)C4CC4)cc3)nc(N3CCNCC3)c2C)n[nH]1. The first-order valence-corrected chi connectivity index (χ1v) is 12.1. The summed E-state index contributed by atoms with van der Waals surface area (Å²) in [5.41, 5.74) is 2.80. The molecule has 2 fully saturated rings. The predicted molar refractivity (Wildman–Crippen MR) is 130 cm³/mol. The number of rotatable bonds is 7. The molecule has 4 N–H and O–H groups in total. The Hall–Kier alpha value is -3.11. The smallest absolute Gasteiger partial charge is 0.227 e. The number of amides is 1. The maximum Gasteiger partial charge on any atom is 0.227 e. The van der Waals surface area contributed by atoms with E-state index in [1.54, 1.807) is 0 Å². The van der Waals surface area contributed by atoms with Crippen molar-refractivity contribution < 1.29 is 4.79 Å². The number of aromatic nitrogens is 4. The summed E-state index contributed by atoms with van der Waals surface area (Å²) in [7, 11) is 0. The first-order valence-electron chi connectivity index (χ1n) is 11.3. The van der Waals surface area contributed by atoms with Gasteiger partial charge in [0.05, 0.1) is 0 Å². The third-order valence-electron chi connectivity index (χ3n) is 5.75. The Morgan fingerprint density at radius 1 is 1.12 bits per heavy atom. The van der Waals surface area contributed by atoms with Crippen LogP contribution in [0.15, 0.2) is 40.4 Å². The Balaban J connectivity index is 1.39. The van der Waals surface area contributed by atoms with Gasteiger partial charge in [-0.3, -0.25) is 9.89 Å². The fourth-order valence-electron chi connectivity index (χ4n) is 3.74. The van der Waals surface area contributed by atoms with Gasteiger partial charge >= 0.3 is 0 Å². The summed E-state index contributed by atoms with van der Waals surface area (Å²) in [6, 6.07) is 9.79. The molecule has 3 heterocycles. The lowest BCUT2D eigenvalue weighted by molar-refractivity contribution is -0.117. The highest BCUT2D eigenvalue weighted by Gasteiger charge is 2.29. The van der Waals surface area contributed by atoms with Crippen molar-refractivity contribution in [3.05, 3.63) is 41.6 Å². The largest absolute Gasteiger partial charge is 0.354 e. The van der Waals surface area contributed by atoms with Crippen molar-refractivity contribution in [1.29, 1.82) is 0 Å². The Labute approximate surface area is 197 Å². The second kappa shape index (κ2) is 9.40. The lowest BCUT2D eigenvalue weighted by Gasteiger charge is -2.30. The fraction of sp³-hybridized carbons (Fsp3) is 0.391. The fourth-order valence-corrected chi connectivity index (χ4v) is 4.49. The molecule has 1 aliphatic heterocycles. The van der Waals surface area contributed by atoms with Crippen molar-refractivity contribution in [2.45, 2.75) is 36.7 Å². The normalized spacial score (nSPS) is 16.0. The van der Waals surface area contributed by atoms with E-state index >= 15 is 0 Å². The van der Waals surface area contributed by atoms with E-state index in [4.69, 9.17) is 9.97 Å². The number of carbonyl (C=O) groups excluding carboxylic acids is 1. The van der Waals surface area contributed by atoms with Gasteiger partial charge in [-0.2, -0.15) is 5.10 Å². The number of nitrogens with zero attached hydrogens (tertiary/aromatic N) is 4. The molecule has 1 amide bonds. The number of aryl methyl sites for hydroxylation is 1. The van der Waals surface area contributed by atoms with Gasteiger partial charge in [-0.05, 0) is 62.7 Å². The number of carbonyl (C=O) groups is 1. The molecule has 10 heteroatoms. The predicted octanol–water partition coefficient (Wildman–Crippen LogP) is 3.47. The molecule has 1 aromatic carbocycles. The highest BCUT2D eigenvalue weighted by atomic mass is 32.2. The summed E-state index contributed by atoms with van der Waals surface area (Å²) in [6.45, 7) is 7.68. The van der Waals surface area contributed by atoms with Gasteiger partial charge < -0.3 is 20.9 Å². The van der Waals surface area contributed by atoms with Crippen LogP contribution in [0.2, 0.25) is 0 Å². The summed E-state index contributed by atoms with van der Waals surface area (Å²) < 4.78 is 0. The molecule has 0 spiro atoms. The van der Waals surface area contributed by atoms with E-state index in [1.807, 2.05) is 44.2 Å². The molecule has 33 heavy (non-hydrogen) atoms. The molecule has 0 unspecified atom stereocenters. The van der Waals surface area contributed by atoms with Crippen LogP contribution in [-0.4, -0.2) is 52.3 Å². The molecule has 1 aliphatic carbocycles. The molecule has 1 saturated carbocycles. The molecule has 3 aromatic rings. The average molecular weight is 465 g/mol. The zero-order valence-corrected chi connectivity index (χ0v) is 19.6. The minimum atomic E-state index is 0.113. The van der Waals surface area contributed by atoms with Gasteiger partial charge in [0.25, 0.3) is 0 Å². The number of piperazine rings is 1. The minimum Gasteiger partial charge on any atom is -0.354 e. The van der Waals surface area contributed by atoms with Crippen LogP contribution in [0.25, 0.3) is 0 Å². The van der Waals surface area contributed by atoms with Crippen molar-refractivity contribution in [3.8, 4) is 0 Å². The Morgan fingerprint density at radius 2 is 1.88 bits per heavy atom. The second-order valence-corrected chi connectivity index (χ2v) is 9.53. The van der Waals surface area contributed by atoms with Gasteiger partial charge in [-0.1, -0.05) is 0 Å². The second-order valence-electron chi connectivity index (χ2n) is 8.49. The molecule has 2 aliphatic rings. The first-order chi connectivity index (χ1) is 16.0. The summed E-state index contributed by atoms with van der Waals surface area (Å²) in [5.74, 6) is 2.72. The van der Waals surface area contributed by atoms with Crippen LogP contribution in [-0.2, 0) is 4.79 Å². The Kier molecular flexibility index (Phi) is 6.19. The number of nitrogens with one attached hydrogen (secondary N) is 4. The van der Waals surface area contributed by atoms with Gasteiger partial charge in [-0.15, -0.1) is 0 Å². The lowest BCUT2D eigenvalue weighted by Crippen LogP contribution is -2.44. The first kappa shape index (κ1) is 21.7. The van der Waals surface area contributed by atoms with Crippen molar-refractivity contribution in [1.82, 2.24) is 25.5 Å². The maximum absolute atomic E-state index is 12.0. The quantitative estimate of drug-likeness (QED) is 0.394. The number of aromatic amines is 1. The maximum atomic E-state index is 12.0. The molecule has 0 radical (unpaired) electrons. The van der Waals surface area contributed by atoms with Crippen molar-refractivity contribution in [3.63, 3.8) is 0 Å². The molecule has 1 saturated heterocycles. The van der Waals surface area contributed by atoms with E-state index < -0.39 is 0 Å². The van der Waals surface area contributed by atoms with Gasteiger partial charge in [0.15, 0.2) is 11.0 Å².